The minimum Gasteiger partial charge on any atom is -0.352 e. The number of piperazine rings is 1. The maximum atomic E-state index is 12.7. The van der Waals surface area contributed by atoms with Crippen molar-refractivity contribution in [2.45, 2.75) is 4.21 Å². The molecule has 4 aromatic rings. The van der Waals surface area contributed by atoms with Crippen molar-refractivity contribution in [1.82, 2.24) is 14.5 Å². The Morgan fingerprint density at radius 1 is 0.800 bits per heavy atom. The summed E-state index contributed by atoms with van der Waals surface area (Å²) in [6, 6.07) is 21.9. The van der Waals surface area contributed by atoms with E-state index >= 15 is 0 Å². The van der Waals surface area contributed by atoms with E-state index in [-0.39, 0.29) is 0 Å². The molecule has 2 aromatic heterocycles. The highest BCUT2D eigenvalue weighted by atomic mass is 32.2. The molecule has 1 aliphatic heterocycles. The van der Waals surface area contributed by atoms with E-state index < -0.39 is 10.0 Å². The minimum atomic E-state index is -3.40. The first-order valence-corrected chi connectivity index (χ1v) is 12.0. The Morgan fingerprint density at radius 2 is 1.60 bits per heavy atom. The zero-order chi connectivity index (χ0) is 20.6. The van der Waals surface area contributed by atoms with Gasteiger partial charge in [0, 0.05) is 31.7 Å². The molecule has 1 aliphatic rings. The summed E-state index contributed by atoms with van der Waals surface area (Å²) >= 11 is 1.26. The van der Waals surface area contributed by atoms with Crippen LogP contribution in [-0.2, 0) is 10.0 Å². The maximum Gasteiger partial charge on any atom is 0.252 e. The zero-order valence-corrected chi connectivity index (χ0v) is 17.8. The predicted molar refractivity (Wildman–Crippen MR) is 120 cm³/mol. The Kier molecular flexibility index (Phi) is 4.98. The van der Waals surface area contributed by atoms with Crippen LogP contribution in [0.2, 0.25) is 0 Å². The second-order valence-corrected chi connectivity index (χ2v) is 10.3. The summed E-state index contributed by atoms with van der Waals surface area (Å²) in [6.07, 6.45) is 0. The smallest absolute Gasteiger partial charge is 0.252 e. The first-order chi connectivity index (χ1) is 14.6. The number of benzene rings is 2. The lowest BCUT2D eigenvalue weighted by atomic mass is 10.1. The van der Waals surface area contributed by atoms with E-state index in [2.05, 4.69) is 45.4 Å². The first kappa shape index (κ1) is 19.2. The predicted octanol–water partition coefficient (Wildman–Crippen LogP) is 3.87. The summed E-state index contributed by atoms with van der Waals surface area (Å²) in [4.78, 5) is 2.08. The van der Waals surface area contributed by atoms with Gasteiger partial charge in [-0.25, -0.2) is 8.42 Å². The van der Waals surface area contributed by atoms with E-state index in [0.717, 1.165) is 17.1 Å². The van der Waals surface area contributed by atoms with E-state index in [1.54, 1.807) is 21.8 Å². The van der Waals surface area contributed by atoms with Crippen molar-refractivity contribution in [3.63, 3.8) is 0 Å². The van der Waals surface area contributed by atoms with Gasteiger partial charge < -0.3 is 4.90 Å². The quantitative estimate of drug-likeness (QED) is 0.486. The molecule has 0 bridgehead atoms. The molecular weight excluding hydrogens is 416 g/mol. The van der Waals surface area contributed by atoms with Gasteiger partial charge in [-0.1, -0.05) is 42.5 Å². The third-order valence-corrected chi connectivity index (χ3v) is 8.62. The third-order valence-electron chi connectivity index (χ3n) is 5.35. The molecule has 0 N–H and O–H groups in total. The van der Waals surface area contributed by atoms with Crippen molar-refractivity contribution in [3.05, 3.63) is 72.1 Å². The summed E-state index contributed by atoms with van der Waals surface area (Å²) in [7, 11) is -3.40. The lowest BCUT2D eigenvalue weighted by molar-refractivity contribution is 0.384. The highest BCUT2D eigenvalue weighted by Crippen LogP contribution is 2.25. The van der Waals surface area contributed by atoms with Gasteiger partial charge in [-0.3, -0.25) is 0 Å². The second kappa shape index (κ2) is 7.79. The number of hydrogen-bond donors (Lipinski definition) is 0. The van der Waals surface area contributed by atoms with Crippen molar-refractivity contribution < 1.29 is 8.42 Å². The zero-order valence-electron chi connectivity index (χ0n) is 16.2. The van der Waals surface area contributed by atoms with Crippen LogP contribution in [0.5, 0.6) is 0 Å². The van der Waals surface area contributed by atoms with Crippen molar-refractivity contribution in [3.8, 4) is 11.3 Å². The van der Waals surface area contributed by atoms with Crippen LogP contribution in [0, 0.1) is 0 Å². The summed E-state index contributed by atoms with van der Waals surface area (Å²) in [5.41, 5.74) is 1.85. The average Bonchev–Trinajstić information content (AvgIpc) is 3.35. The molecule has 3 heterocycles. The van der Waals surface area contributed by atoms with Crippen LogP contribution in [0.1, 0.15) is 0 Å². The van der Waals surface area contributed by atoms with Gasteiger partial charge in [-0.2, -0.15) is 4.31 Å². The van der Waals surface area contributed by atoms with Crippen LogP contribution in [0.4, 0.5) is 5.82 Å². The summed E-state index contributed by atoms with van der Waals surface area (Å²) < 4.78 is 27.3. The fourth-order valence-electron chi connectivity index (χ4n) is 3.69. The molecule has 0 amide bonds. The molecule has 5 rings (SSSR count). The second-order valence-electron chi connectivity index (χ2n) is 7.16. The topological polar surface area (TPSA) is 66.4 Å². The molecule has 0 saturated carbocycles. The van der Waals surface area contributed by atoms with Crippen molar-refractivity contribution in [2.24, 2.45) is 0 Å². The van der Waals surface area contributed by atoms with Gasteiger partial charge in [0.2, 0.25) is 0 Å². The van der Waals surface area contributed by atoms with Gasteiger partial charge >= 0.3 is 0 Å². The highest BCUT2D eigenvalue weighted by Gasteiger charge is 2.29. The van der Waals surface area contributed by atoms with Crippen LogP contribution >= 0.6 is 11.3 Å². The largest absolute Gasteiger partial charge is 0.352 e. The number of sulfonamides is 1. The molecule has 1 saturated heterocycles. The normalized spacial score (nSPS) is 15.5. The SMILES string of the molecule is O=S(=O)(c1cccs1)N1CCN(c2ccc(-c3ccc4ccccc4c3)nn2)CC1. The maximum absolute atomic E-state index is 12.7. The van der Waals surface area contributed by atoms with Gasteiger partial charge in [0.25, 0.3) is 10.0 Å². The number of thiophene rings is 1. The Labute approximate surface area is 179 Å². The summed E-state index contributed by atoms with van der Waals surface area (Å²) in [5, 5.41) is 13.0. The molecule has 152 valence electrons. The number of rotatable bonds is 4. The van der Waals surface area contributed by atoms with E-state index in [0.29, 0.717) is 30.4 Å². The molecule has 30 heavy (non-hydrogen) atoms. The molecule has 8 heteroatoms. The van der Waals surface area contributed by atoms with Crippen molar-refractivity contribution >= 4 is 38.0 Å². The lowest BCUT2D eigenvalue weighted by Crippen LogP contribution is -2.48. The fraction of sp³-hybridized carbons (Fsp3) is 0.182. The van der Waals surface area contributed by atoms with E-state index in [9.17, 15) is 8.42 Å². The molecule has 2 aromatic carbocycles. The van der Waals surface area contributed by atoms with Gasteiger partial charge in [0.1, 0.15) is 4.21 Å². The van der Waals surface area contributed by atoms with E-state index in [1.165, 1.54) is 22.1 Å². The number of aromatic nitrogens is 2. The molecule has 6 nitrogen and oxygen atoms in total. The van der Waals surface area contributed by atoms with Crippen LogP contribution in [-0.4, -0.2) is 49.1 Å². The van der Waals surface area contributed by atoms with E-state index in [1.807, 2.05) is 24.3 Å². The van der Waals surface area contributed by atoms with Gasteiger partial charge in [-0.15, -0.1) is 21.5 Å². The third kappa shape index (κ3) is 3.58. The summed E-state index contributed by atoms with van der Waals surface area (Å²) in [5.74, 6) is 0.771. The number of nitrogens with zero attached hydrogens (tertiary/aromatic N) is 4. The Hall–Kier alpha value is -2.81. The van der Waals surface area contributed by atoms with Gasteiger partial charge in [-0.05, 0) is 40.4 Å². The Morgan fingerprint density at radius 3 is 2.30 bits per heavy atom. The van der Waals surface area contributed by atoms with Crippen LogP contribution in [0.25, 0.3) is 22.0 Å². The van der Waals surface area contributed by atoms with Gasteiger partial charge in [0.15, 0.2) is 5.82 Å². The molecule has 0 unspecified atom stereocenters. The Balaban J connectivity index is 1.29. The molecule has 0 aliphatic carbocycles. The molecule has 1 fully saturated rings. The van der Waals surface area contributed by atoms with E-state index in [4.69, 9.17) is 0 Å². The Bertz CT molecular complexity index is 1260. The lowest BCUT2D eigenvalue weighted by Gasteiger charge is -2.34. The highest BCUT2D eigenvalue weighted by molar-refractivity contribution is 7.91. The molecule has 0 atom stereocenters. The van der Waals surface area contributed by atoms with Crippen LogP contribution in [0.15, 0.2) is 76.3 Å². The molecule has 0 radical (unpaired) electrons. The number of fused-ring (bicyclic) bond motifs is 1. The van der Waals surface area contributed by atoms with Crippen molar-refractivity contribution in [1.29, 1.82) is 0 Å². The number of hydrogen-bond acceptors (Lipinski definition) is 6. The standard InChI is InChI=1S/C22H20N4O2S2/c27-30(28,22-6-3-15-29-22)26-13-11-25(12-14-26)21-10-9-20(23-24-21)19-8-7-17-4-1-2-5-18(17)16-19/h1-10,15-16H,11-14H2. The summed E-state index contributed by atoms with van der Waals surface area (Å²) in [6.45, 7) is 2.06. The van der Waals surface area contributed by atoms with Gasteiger partial charge in [0.05, 0.1) is 5.69 Å². The molecular formula is C22H20N4O2S2. The van der Waals surface area contributed by atoms with Crippen LogP contribution < -0.4 is 4.90 Å². The van der Waals surface area contributed by atoms with Crippen LogP contribution in [0.3, 0.4) is 0 Å². The minimum absolute atomic E-state index is 0.399. The average molecular weight is 437 g/mol. The molecule has 0 spiro atoms. The number of anilines is 1. The first-order valence-electron chi connectivity index (χ1n) is 9.73. The van der Waals surface area contributed by atoms with Crippen molar-refractivity contribution in [2.75, 3.05) is 31.1 Å². The monoisotopic (exact) mass is 436 g/mol. The fourth-order valence-corrected chi connectivity index (χ4v) is 6.26.